The van der Waals surface area contributed by atoms with E-state index >= 15 is 0 Å². The van der Waals surface area contributed by atoms with Crippen molar-refractivity contribution in [3.05, 3.63) is 0 Å². The molecule has 1 rings (SSSR count). The van der Waals surface area contributed by atoms with Crippen LogP contribution in [0.2, 0.25) is 0 Å². The van der Waals surface area contributed by atoms with Gasteiger partial charge in [0.05, 0.1) is 18.5 Å². The number of hydrogen-bond donors (Lipinski definition) is 0. The van der Waals surface area contributed by atoms with E-state index in [1.54, 1.807) is 0 Å². The van der Waals surface area contributed by atoms with E-state index in [1.165, 1.54) is 0 Å². The third-order valence-corrected chi connectivity index (χ3v) is 1.28. The first-order valence-corrected chi connectivity index (χ1v) is 2.81. The lowest BCUT2D eigenvalue weighted by molar-refractivity contribution is 0.613. The third-order valence-electron chi connectivity index (χ3n) is 1.28. The van der Waals surface area contributed by atoms with Crippen molar-refractivity contribution in [2.75, 3.05) is 6.54 Å². The molecule has 1 heterocycles. The molecule has 0 amide bonds. The van der Waals surface area contributed by atoms with Gasteiger partial charge in [0.1, 0.15) is 0 Å². The van der Waals surface area contributed by atoms with Gasteiger partial charge >= 0.3 is 0 Å². The smallest absolute Gasteiger partial charge is 0.0675 e. The summed E-state index contributed by atoms with van der Waals surface area (Å²) < 4.78 is 0. The van der Waals surface area contributed by atoms with E-state index in [1.807, 2.05) is 6.21 Å². The summed E-state index contributed by atoms with van der Waals surface area (Å²) in [6.45, 7) is 0.719. The van der Waals surface area contributed by atoms with E-state index in [-0.39, 0.29) is 5.92 Å². The second kappa shape index (κ2) is 2.46. The van der Waals surface area contributed by atoms with E-state index in [0.717, 1.165) is 19.4 Å². The molecule has 0 aromatic carbocycles. The maximum absolute atomic E-state index is 8.37. The van der Waals surface area contributed by atoms with Crippen LogP contribution in [0.4, 0.5) is 0 Å². The first-order valence-electron chi connectivity index (χ1n) is 2.81. The van der Waals surface area contributed by atoms with Crippen LogP contribution in [0.15, 0.2) is 4.99 Å². The maximum Gasteiger partial charge on any atom is 0.0675 e. The highest BCUT2D eigenvalue weighted by Crippen LogP contribution is 2.07. The molecule has 0 saturated heterocycles. The molecule has 0 spiro atoms. The fourth-order valence-electron chi connectivity index (χ4n) is 0.765. The van der Waals surface area contributed by atoms with E-state index in [9.17, 15) is 0 Å². The van der Waals surface area contributed by atoms with E-state index in [0.29, 0.717) is 0 Å². The highest BCUT2D eigenvalue weighted by atomic mass is 14.7. The van der Waals surface area contributed by atoms with Gasteiger partial charge in [-0.15, -0.1) is 0 Å². The van der Waals surface area contributed by atoms with Gasteiger partial charge in [-0.3, -0.25) is 4.99 Å². The molecule has 0 unspecified atom stereocenters. The van der Waals surface area contributed by atoms with Crippen molar-refractivity contribution in [3.8, 4) is 6.07 Å². The van der Waals surface area contributed by atoms with Crippen LogP contribution in [0, 0.1) is 17.2 Å². The van der Waals surface area contributed by atoms with Crippen LogP contribution in [0.3, 0.4) is 0 Å². The lowest BCUT2D eigenvalue weighted by Gasteiger charge is -2.06. The predicted octanol–water partition coefficient (Wildman–Crippen LogP) is 0.991. The fraction of sp³-hybridized carbons (Fsp3) is 0.667. The molecule has 1 aliphatic heterocycles. The number of nitrogens with zero attached hydrogens (tertiary/aromatic N) is 2. The molecule has 0 saturated carbocycles. The van der Waals surface area contributed by atoms with Crippen LogP contribution in [-0.2, 0) is 0 Å². The molecule has 0 aromatic heterocycles. The molecule has 1 atom stereocenters. The monoisotopic (exact) mass is 108 g/mol. The molecule has 0 radical (unpaired) electrons. The van der Waals surface area contributed by atoms with Gasteiger partial charge in [-0.25, -0.2) is 0 Å². The second-order valence-corrected chi connectivity index (χ2v) is 1.95. The lowest BCUT2D eigenvalue weighted by atomic mass is 10.0. The number of aliphatic imine (C=N–C) groups is 1. The van der Waals surface area contributed by atoms with Gasteiger partial charge in [0, 0.05) is 0 Å². The highest BCUT2D eigenvalue weighted by molar-refractivity contribution is 5.58. The molecule has 0 N–H and O–H groups in total. The van der Waals surface area contributed by atoms with Crippen LogP contribution < -0.4 is 0 Å². The van der Waals surface area contributed by atoms with Crippen molar-refractivity contribution in [1.82, 2.24) is 0 Å². The molecular formula is C6H8N2. The molecule has 8 heavy (non-hydrogen) atoms. The highest BCUT2D eigenvalue weighted by Gasteiger charge is 2.07. The largest absolute Gasteiger partial charge is 0.296 e. The van der Waals surface area contributed by atoms with E-state index in [2.05, 4.69) is 11.1 Å². The normalized spacial score (nSPS) is 27.1. The molecular weight excluding hydrogens is 100 g/mol. The van der Waals surface area contributed by atoms with Crippen LogP contribution in [0.1, 0.15) is 12.8 Å². The second-order valence-electron chi connectivity index (χ2n) is 1.95. The molecule has 0 aromatic rings. The van der Waals surface area contributed by atoms with E-state index in [4.69, 9.17) is 5.26 Å². The minimum absolute atomic E-state index is 0.194. The summed E-state index contributed by atoms with van der Waals surface area (Å²) in [7, 11) is 0. The van der Waals surface area contributed by atoms with Crippen molar-refractivity contribution in [3.63, 3.8) is 0 Å². The first-order chi connectivity index (χ1) is 3.93. The Morgan fingerprint density at radius 3 is 3.00 bits per heavy atom. The summed E-state index contributed by atoms with van der Waals surface area (Å²) in [4.78, 5) is 3.98. The van der Waals surface area contributed by atoms with Crippen LogP contribution >= 0.6 is 0 Å². The molecule has 0 fully saturated rings. The molecule has 0 bridgehead atoms. The lowest BCUT2D eigenvalue weighted by Crippen LogP contribution is -2.06. The Hall–Kier alpha value is -0.840. The van der Waals surface area contributed by atoms with Crippen LogP contribution in [0.5, 0.6) is 0 Å². The zero-order valence-electron chi connectivity index (χ0n) is 4.67. The predicted molar refractivity (Wildman–Crippen MR) is 31.7 cm³/mol. The van der Waals surface area contributed by atoms with Gasteiger partial charge < -0.3 is 0 Å². The van der Waals surface area contributed by atoms with Crippen molar-refractivity contribution >= 4 is 6.21 Å². The quantitative estimate of drug-likeness (QED) is 0.456. The first kappa shape index (κ1) is 5.30. The topological polar surface area (TPSA) is 36.1 Å². The summed E-state index contributed by atoms with van der Waals surface area (Å²) in [5.74, 6) is 0.194. The van der Waals surface area contributed by atoms with Crippen molar-refractivity contribution in [2.45, 2.75) is 12.8 Å². The molecule has 2 nitrogen and oxygen atoms in total. The Morgan fingerprint density at radius 1 is 1.75 bits per heavy atom. The van der Waals surface area contributed by atoms with Crippen molar-refractivity contribution in [2.24, 2.45) is 10.9 Å². The standard InChI is InChI=1S/C6H8N2/c7-4-6-2-1-3-8-5-6/h3,6H,1-2,5H2/t6-/m1/s1. The Morgan fingerprint density at radius 2 is 2.62 bits per heavy atom. The summed E-state index contributed by atoms with van der Waals surface area (Å²) in [5, 5.41) is 8.37. The van der Waals surface area contributed by atoms with E-state index < -0.39 is 0 Å². The fourth-order valence-corrected chi connectivity index (χ4v) is 0.765. The van der Waals surface area contributed by atoms with Crippen LogP contribution in [-0.4, -0.2) is 12.8 Å². The summed E-state index contributed by atoms with van der Waals surface area (Å²) in [6.07, 6.45) is 3.88. The van der Waals surface area contributed by atoms with Gasteiger partial charge in [0.25, 0.3) is 0 Å². The number of nitriles is 1. The Kier molecular flexibility index (Phi) is 1.63. The average Bonchev–Trinajstić information content (AvgIpc) is 1.90. The van der Waals surface area contributed by atoms with Gasteiger partial charge in [-0.2, -0.15) is 5.26 Å². The average molecular weight is 108 g/mol. The summed E-state index contributed by atoms with van der Waals surface area (Å²) >= 11 is 0. The summed E-state index contributed by atoms with van der Waals surface area (Å²) in [5.41, 5.74) is 0. The Balaban J connectivity index is 2.41. The van der Waals surface area contributed by atoms with Crippen molar-refractivity contribution in [1.29, 1.82) is 5.26 Å². The Labute approximate surface area is 48.8 Å². The van der Waals surface area contributed by atoms with Gasteiger partial charge in [0.15, 0.2) is 0 Å². The minimum atomic E-state index is 0.194. The zero-order chi connectivity index (χ0) is 5.82. The maximum atomic E-state index is 8.37. The van der Waals surface area contributed by atoms with Crippen molar-refractivity contribution < 1.29 is 0 Å². The molecule has 2 heteroatoms. The number of rotatable bonds is 0. The van der Waals surface area contributed by atoms with Crippen LogP contribution in [0.25, 0.3) is 0 Å². The molecule has 1 aliphatic rings. The SMILES string of the molecule is N#C[C@H]1CCC=NC1. The molecule has 0 aliphatic carbocycles. The zero-order valence-corrected chi connectivity index (χ0v) is 4.67. The molecule has 42 valence electrons. The minimum Gasteiger partial charge on any atom is -0.296 e. The Bertz CT molecular complexity index is 132. The third kappa shape index (κ3) is 1.06. The summed E-state index contributed by atoms with van der Waals surface area (Å²) in [6, 6.07) is 2.19. The number of hydrogen-bond acceptors (Lipinski definition) is 2. The van der Waals surface area contributed by atoms with Gasteiger partial charge in [0.2, 0.25) is 0 Å². The van der Waals surface area contributed by atoms with Gasteiger partial charge in [-0.1, -0.05) is 0 Å². The van der Waals surface area contributed by atoms with Gasteiger partial charge in [-0.05, 0) is 19.1 Å².